The molecule has 1 N–H and O–H groups in total. The molecule has 1 aliphatic rings. The zero-order valence-electron chi connectivity index (χ0n) is 12.8. The van der Waals surface area contributed by atoms with Gasteiger partial charge in [-0.05, 0) is 25.0 Å². The maximum atomic E-state index is 12.7. The van der Waals surface area contributed by atoms with E-state index in [0.29, 0.717) is 12.1 Å². The van der Waals surface area contributed by atoms with Crippen molar-refractivity contribution in [3.63, 3.8) is 0 Å². The van der Waals surface area contributed by atoms with Crippen LogP contribution in [-0.4, -0.2) is 32.1 Å². The highest BCUT2D eigenvalue weighted by atomic mass is 16.2. The van der Waals surface area contributed by atoms with Gasteiger partial charge >= 0.3 is 0 Å². The monoisotopic (exact) mass is 294 g/mol. The first-order valence-electron chi connectivity index (χ1n) is 7.51. The maximum Gasteiger partial charge on any atom is 0.257 e. The van der Waals surface area contributed by atoms with Gasteiger partial charge in [-0.25, -0.2) is 0 Å². The van der Waals surface area contributed by atoms with Gasteiger partial charge in [-0.15, -0.1) is 0 Å². The first-order valence-corrected chi connectivity index (χ1v) is 7.51. The third-order valence-electron chi connectivity index (χ3n) is 4.41. The zero-order chi connectivity index (χ0) is 15.3. The topological polar surface area (TPSA) is 53.9 Å². The summed E-state index contributed by atoms with van der Waals surface area (Å²) in [5, 5.41) is 5.55. The van der Waals surface area contributed by atoms with Crippen molar-refractivity contribution in [1.82, 2.24) is 19.7 Å². The normalized spacial score (nSPS) is 14.4. The van der Waals surface area contributed by atoms with Crippen LogP contribution in [0.3, 0.4) is 0 Å². The molecule has 1 amide bonds. The molecule has 0 unspecified atom stereocenters. The summed E-state index contributed by atoms with van der Waals surface area (Å²) in [6.45, 7) is 3.27. The molecule has 22 heavy (non-hydrogen) atoms. The molecule has 0 saturated heterocycles. The second-order valence-corrected chi connectivity index (χ2v) is 5.91. The van der Waals surface area contributed by atoms with Crippen LogP contribution < -0.4 is 0 Å². The minimum atomic E-state index is 0.0647. The van der Waals surface area contributed by atoms with Crippen molar-refractivity contribution in [1.29, 1.82) is 0 Å². The van der Waals surface area contributed by atoms with E-state index in [-0.39, 0.29) is 5.91 Å². The molecule has 2 aromatic heterocycles. The number of aryl methyl sites for hydroxylation is 2. The maximum absolute atomic E-state index is 12.7. The number of H-pyrrole nitrogens is 1. The molecule has 1 aliphatic heterocycles. The Labute approximate surface area is 128 Å². The molecule has 0 radical (unpaired) electrons. The number of para-hydroxylation sites is 1. The lowest BCUT2D eigenvalue weighted by Gasteiger charge is -2.27. The number of carbonyl (C=O) groups is 1. The number of benzene rings is 1. The molecule has 0 spiro atoms. The quantitative estimate of drug-likeness (QED) is 0.749. The third-order valence-corrected chi connectivity index (χ3v) is 4.41. The SMILES string of the molecule is Cc1nn(C)cc1C(=O)N1CCc2c([nH]c3ccccc23)C1. The van der Waals surface area contributed by atoms with Gasteiger partial charge in [0.2, 0.25) is 0 Å². The Morgan fingerprint density at radius 1 is 1.32 bits per heavy atom. The van der Waals surface area contributed by atoms with Gasteiger partial charge in [-0.1, -0.05) is 18.2 Å². The minimum Gasteiger partial charge on any atom is -0.357 e. The summed E-state index contributed by atoms with van der Waals surface area (Å²) < 4.78 is 1.70. The standard InChI is InChI=1S/C17H18N4O/c1-11-14(9-20(2)19-11)17(22)21-8-7-13-12-5-3-4-6-15(12)18-16(13)10-21/h3-6,9,18H,7-8,10H2,1-2H3. The highest BCUT2D eigenvalue weighted by molar-refractivity contribution is 5.95. The van der Waals surface area contributed by atoms with Gasteiger partial charge < -0.3 is 9.88 Å². The molecule has 0 aliphatic carbocycles. The number of carbonyl (C=O) groups excluding carboxylic acids is 1. The van der Waals surface area contributed by atoms with E-state index >= 15 is 0 Å². The molecule has 5 heteroatoms. The molecule has 3 aromatic rings. The lowest BCUT2D eigenvalue weighted by Crippen LogP contribution is -2.36. The number of hydrogen-bond acceptors (Lipinski definition) is 2. The summed E-state index contributed by atoms with van der Waals surface area (Å²) in [7, 11) is 1.84. The van der Waals surface area contributed by atoms with E-state index in [2.05, 4.69) is 28.3 Å². The Kier molecular flexibility index (Phi) is 2.82. The fourth-order valence-corrected chi connectivity index (χ4v) is 3.35. The van der Waals surface area contributed by atoms with E-state index in [1.165, 1.54) is 10.9 Å². The number of aromatic nitrogens is 3. The number of rotatable bonds is 1. The van der Waals surface area contributed by atoms with Gasteiger partial charge in [0.05, 0.1) is 17.8 Å². The number of aromatic amines is 1. The number of nitrogens with one attached hydrogen (secondary N) is 1. The fourth-order valence-electron chi connectivity index (χ4n) is 3.35. The van der Waals surface area contributed by atoms with E-state index in [0.717, 1.165) is 29.9 Å². The van der Waals surface area contributed by atoms with Crippen molar-refractivity contribution in [2.24, 2.45) is 7.05 Å². The van der Waals surface area contributed by atoms with Crippen molar-refractivity contribution in [2.45, 2.75) is 19.9 Å². The van der Waals surface area contributed by atoms with Gasteiger partial charge in [0.15, 0.2) is 0 Å². The Balaban J connectivity index is 1.67. The van der Waals surface area contributed by atoms with E-state index in [9.17, 15) is 4.79 Å². The van der Waals surface area contributed by atoms with E-state index in [1.807, 2.05) is 24.9 Å². The molecule has 1 aromatic carbocycles. The molecule has 3 heterocycles. The van der Waals surface area contributed by atoms with Crippen LogP contribution in [0.25, 0.3) is 10.9 Å². The highest BCUT2D eigenvalue weighted by Gasteiger charge is 2.26. The van der Waals surface area contributed by atoms with Gasteiger partial charge in [0.1, 0.15) is 0 Å². The summed E-state index contributed by atoms with van der Waals surface area (Å²) in [5.41, 5.74) is 5.14. The molecule has 0 bridgehead atoms. The summed E-state index contributed by atoms with van der Waals surface area (Å²) >= 11 is 0. The molecular weight excluding hydrogens is 276 g/mol. The Morgan fingerprint density at radius 3 is 2.91 bits per heavy atom. The van der Waals surface area contributed by atoms with Crippen molar-refractivity contribution in [2.75, 3.05) is 6.54 Å². The summed E-state index contributed by atoms with van der Waals surface area (Å²) in [4.78, 5) is 18.1. The van der Waals surface area contributed by atoms with Crippen LogP contribution in [0.4, 0.5) is 0 Å². The van der Waals surface area contributed by atoms with Crippen LogP contribution in [-0.2, 0) is 20.0 Å². The smallest absolute Gasteiger partial charge is 0.257 e. The first kappa shape index (κ1) is 13.1. The average Bonchev–Trinajstić information content (AvgIpc) is 3.05. The minimum absolute atomic E-state index is 0.0647. The summed E-state index contributed by atoms with van der Waals surface area (Å²) in [6, 6.07) is 8.33. The Hall–Kier alpha value is -2.56. The molecule has 0 fully saturated rings. The third kappa shape index (κ3) is 1.93. The van der Waals surface area contributed by atoms with Crippen molar-refractivity contribution >= 4 is 16.8 Å². The second kappa shape index (κ2) is 4.73. The number of hydrogen-bond donors (Lipinski definition) is 1. The van der Waals surface area contributed by atoms with Crippen LogP contribution in [0.15, 0.2) is 30.5 Å². The van der Waals surface area contributed by atoms with Crippen LogP contribution in [0.1, 0.15) is 27.3 Å². The second-order valence-electron chi connectivity index (χ2n) is 5.91. The Bertz CT molecular complexity index is 874. The average molecular weight is 294 g/mol. The van der Waals surface area contributed by atoms with Crippen molar-refractivity contribution in [3.05, 3.63) is 53.0 Å². The van der Waals surface area contributed by atoms with Crippen molar-refractivity contribution in [3.8, 4) is 0 Å². The first-order chi connectivity index (χ1) is 10.6. The number of amides is 1. The number of fused-ring (bicyclic) bond motifs is 3. The molecule has 4 rings (SSSR count). The fraction of sp³-hybridized carbons (Fsp3) is 0.294. The van der Waals surface area contributed by atoms with Gasteiger partial charge in [0.25, 0.3) is 5.91 Å². The van der Waals surface area contributed by atoms with Gasteiger partial charge in [-0.3, -0.25) is 9.48 Å². The summed E-state index contributed by atoms with van der Waals surface area (Å²) in [6.07, 6.45) is 2.70. The highest BCUT2D eigenvalue weighted by Crippen LogP contribution is 2.28. The molecule has 112 valence electrons. The van der Waals surface area contributed by atoms with Gasteiger partial charge in [0, 0.05) is 36.4 Å². The lowest BCUT2D eigenvalue weighted by molar-refractivity contribution is 0.0732. The molecule has 0 saturated carbocycles. The van der Waals surface area contributed by atoms with E-state index in [4.69, 9.17) is 0 Å². The van der Waals surface area contributed by atoms with Crippen LogP contribution in [0.2, 0.25) is 0 Å². The number of nitrogens with zero attached hydrogens (tertiary/aromatic N) is 3. The van der Waals surface area contributed by atoms with E-state index in [1.54, 1.807) is 10.9 Å². The van der Waals surface area contributed by atoms with Crippen LogP contribution in [0.5, 0.6) is 0 Å². The summed E-state index contributed by atoms with van der Waals surface area (Å²) in [5.74, 6) is 0.0647. The molecule has 5 nitrogen and oxygen atoms in total. The molecular formula is C17H18N4O. The Morgan fingerprint density at radius 2 is 2.14 bits per heavy atom. The van der Waals surface area contributed by atoms with Crippen LogP contribution in [0, 0.1) is 6.92 Å². The predicted molar refractivity (Wildman–Crippen MR) is 84.7 cm³/mol. The van der Waals surface area contributed by atoms with E-state index < -0.39 is 0 Å². The molecule has 0 atom stereocenters. The van der Waals surface area contributed by atoms with Gasteiger partial charge in [-0.2, -0.15) is 5.10 Å². The van der Waals surface area contributed by atoms with Crippen molar-refractivity contribution < 1.29 is 4.79 Å². The zero-order valence-corrected chi connectivity index (χ0v) is 12.8. The predicted octanol–water partition coefficient (Wildman–Crippen LogP) is 2.41. The van der Waals surface area contributed by atoms with Crippen LogP contribution >= 0.6 is 0 Å². The largest absolute Gasteiger partial charge is 0.357 e. The lowest BCUT2D eigenvalue weighted by atomic mass is 10.0.